The largest absolute Gasteiger partial charge is 0.464 e. The molecule has 2 heterocycles. The number of aliphatic hydroxyl groups is 1. The Kier molecular flexibility index (Phi) is 4.06. The minimum absolute atomic E-state index is 0.0236. The molecule has 0 amide bonds. The molecule has 0 spiro atoms. The van der Waals surface area contributed by atoms with Gasteiger partial charge in [-0.1, -0.05) is 0 Å². The fourth-order valence-electron chi connectivity index (χ4n) is 1.75. The summed E-state index contributed by atoms with van der Waals surface area (Å²) in [6.07, 6.45) is -0.208. The lowest BCUT2D eigenvalue weighted by molar-refractivity contribution is 0.00331. The van der Waals surface area contributed by atoms with Gasteiger partial charge in [0, 0.05) is 13.1 Å². The third kappa shape index (κ3) is 2.74. The van der Waals surface area contributed by atoms with E-state index < -0.39 is 5.97 Å². The Balaban J connectivity index is 2.07. The van der Waals surface area contributed by atoms with Crippen molar-refractivity contribution in [3.05, 3.63) is 17.8 Å². The third-order valence-electron chi connectivity index (χ3n) is 2.71. The fraction of sp³-hybridized carbons (Fsp3) is 0.545. The number of morpholine rings is 1. The van der Waals surface area contributed by atoms with Crippen LogP contribution in [-0.4, -0.2) is 60.8 Å². The number of esters is 1. The summed E-state index contributed by atoms with van der Waals surface area (Å²) in [4.78, 5) is 13.2. The van der Waals surface area contributed by atoms with Crippen molar-refractivity contribution in [3.8, 4) is 0 Å². The van der Waals surface area contributed by atoms with Crippen LogP contribution in [0.2, 0.25) is 0 Å². The molecule has 1 aromatic heterocycles. The van der Waals surface area contributed by atoms with E-state index in [4.69, 9.17) is 9.84 Å². The van der Waals surface area contributed by atoms with Crippen molar-refractivity contribution < 1.29 is 19.4 Å². The second-order valence-corrected chi connectivity index (χ2v) is 3.89. The van der Waals surface area contributed by atoms with Crippen molar-refractivity contribution in [2.24, 2.45) is 0 Å². The van der Waals surface area contributed by atoms with Gasteiger partial charge in [0.25, 0.3) is 0 Å². The van der Waals surface area contributed by atoms with Gasteiger partial charge < -0.3 is 19.5 Å². The van der Waals surface area contributed by atoms with Gasteiger partial charge >= 0.3 is 5.97 Å². The summed E-state index contributed by atoms with van der Waals surface area (Å²) >= 11 is 0. The van der Waals surface area contributed by atoms with E-state index in [2.05, 4.69) is 14.9 Å². The summed E-state index contributed by atoms with van der Waals surface area (Å²) in [5.41, 5.74) is 0.174. The minimum Gasteiger partial charge on any atom is -0.464 e. The second-order valence-electron chi connectivity index (χ2n) is 3.89. The van der Waals surface area contributed by atoms with Crippen molar-refractivity contribution in [2.45, 2.75) is 6.10 Å². The molecule has 7 nitrogen and oxygen atoms in total. The molecule has 7 heteroatoms. The van der Waals surface area contributed by atoms with Crippen LogP contribution in [0.25, 0.3) is 0 Å². The zero-order chi connectivity index (χ0) is 13.0. The lowest BCUT2D eigenvalue weighted by Gasteiger charge is -2.32. The molecule has 98 valence electrons. The van der Waals surface area contributed by atoms with Crippen LogP contribution in [0.1, 0.15) is 10.5 Å². The summed E-state index contributed by atoms with van der Waals surface area (Å²) in [5, 5.41) is 16.8. The smallest absolute Gasteiger partial charge is 0.358 e. The van der Waals surface area contributed by atoms with Crippen LogP contribution in [0.15, 0.2) is 12.1 Å². The van der Waals surface area contributed by atoms with Gasteiger partial charge in [0.05, 0.1) is 26.4 Å². The highest BCUT2D eigenvalue weighted by atomic mass is 16.5. The van der Waals surface area contributed by atoms with Crippen LogP contribution < -0.4 is 4.90 Å². The second kappa shape index (κ2) is 5.74. The van der Waals surface area contributed by atoms with Gasteiger partial charge in [-0.3, -0.25) is 0 Å². The number of aromatic nitrogens is 2. The van der Waals surface area contributed by atoms with Crippen LogP contribution >= 0.6 is 0 Å². The molecule has 1 N–H and O–H groups in total. The number of hydrogen-bond acceptors (Lipinski definition) is 7. The molecule has 1 aromatic rings. The monoisotopic (exact) mass is 253 g/mol. The van der Waals surface area contributed by atoms with Gasteiger partial charge in [-0.2, -0.15) is 0 Å². The van der Waals surface area contributed by atoms with Crippen LogP contribution in [0.4, 0.5) is 5.82 Å². The average molecular weight is 253 g/mol. The fourth-order valence-corrected chi connectivity index (χ4v) is 1.75. The molecule has 0 bridgehead atoms. The van der Waals surface area contributed by atoms with Gasteiger partial charge in [-0.05, 0) is 12.1 Å². The first-order chi connectivity index (χ1) is 8.74. The van der Waals surface area contributed by atoms with Gasteiger partial charge in [0.1, 0.15) is 0 Å². The predicted molar refractivity (Wildman–Crippen MR) is 62.4 cm³/mol. The maximum atomic E-state index is 11.2. The van der Waals surface area contributed by atoms with E-state index in [1.54, 1.807) is 12.1 Å². The third-order valence-corrected chi connectivity index (χ3v) is 2.71. The van der Waals surface area contributed by atoms with Gasteiger partial charge in [-0.15, -0.1) is 10.2 Å². The number of methoxy groups -OCH3 is 1. The minimum atomic E-state index is -0.510. The zero-order valence-electron chi connectivity index (χ0n) is 10.1. The van der Waals surface area contributed by atoms with Crippen molar-refractivity contribution in [3.63, 3.8) is 0 Å². The number of nitrogens with zero attached hydrogens (tertiary/aromatic N) is 3. The highest BCUT2D eigenvalue weighted by Crippen LogP contribution is 2.14. The topological polar surface area (TPSA) is 84.8 Å². The van der Waals surface area contributed by atoms with Gasteiger partial charge in [0.2, 0.25) is 0 Å². The Morgan fingerprint density at radius 3 is 3.06 bits per heavy atom. The van der Waals surface area contributed by atoms with Crippen LogP contribution in [0, 0.1) is 0 Å². The van der Waals surface area contributed by atoms with E-state index in [9.17, 15) is 4.79 Å². The Labute approximate surface area is 104 Å². The maximum absolute atomic E-state index is 11.2. The SMILES string of the molecule is COC(=O)c1ccc(N2CCOC(CO)C2)nn1. The number of rotatable bonds is 3. The first-order valence-corrected chi connectivity index (χ1v) is 5.64. The quantitative estimate of drug-likeness (QED) is 0.724. The molecule has 18 heavy (non-hydrogen) atoms. The van der Waals surface area contributed by atoms with E-state index in [1.165, 1.54) is 7.11 Å². The van der Waals surface area contributed by atoms with Crippen molar-refractivity contribution in [1.82, 2.24) is 10.2 Å². The van der Waals surface area contributed by atoms with E-state index in [0.29, 0.717) is 25.5 Å². The molecule has 1 unspecified atom stereocenters. The lowest BCUT2D eigenvalue weighted by Crippen LogP contribution is -2.44. The van der Waals surface area contributed by atoms with Crippen molar-refractivity contribution in [1.29, 1.82) is 0 Å². The van der Waals surface area contributed by atoms with Gasteiger partial charge in [0.15, 0.2) is 11.5 Å². The summed E-state index contributed by atoms with van der Waals surface area (Å²) in [5.74, 6) is 0.147. The highest BCUT2D eigenvalue weighted by Gasteiger charge is 2.21. The molecule has 1 saturated heterocycles. The number of anilines is 1. The lowest BCUT2D eigenvalue weighted by atomic mass is 10.3. The van der Waals surface area contributed by atoms with Crippen LogP contribution in [0.5, 0.6) is 0 Å². The molecule has 0 aromatic carbocycles. The highest BCUT2D eigenvalue weighted by molar-refractivity contribution is 5.86. The Bertz CT molecular complexity index is 409. The summed E-state index contributed by atoms with van der Waals surface area (Å²) in [6, 6.07) is 3.27. The van der Waals surface area contributed by atoms with Crippen LogP contribution in [-0.2, 0) is 9.47 Å². The molecule has 1 fully saturated rings. The van der Waals surface area contributed by atoms with Gasteiger partial charge in [-0.25, -0.2) is 4.79 Å². The number of ether oxygens (including phenoxy) is 2. The molecular weight excluding hydrogens is 238 g/mol. The average Bonchev–Trinajstić information content (AvgIpc) is 2.46. The maximum Gasteiger partial charge on any atom is 0.358 e. The van der Waals surface area contributed by atoms with E-state index >= 15 is 0 Å². The molecule has 1 atom stereocenters. The summed E-state index contributed by atoms with van der Waals surface area (Å²) in [6.45, 7) is 1.75. The van der Waals surface area contributed by atoms with Crippen molar-refractivity contribution >= 4 is 11.8 Å². The summed E-state index contributed by atoms with van der Waals surface area (Å²) in [7, 11) is 1.30. The number of aliphatic hydroxyl groups excluding tert-OH is 1. The molecular formula is C11H15N3O4. The number of carbonyl (C=O) groups excluding carboxylic acids is 1. The first kappa shape index (κ1) is 12.7. The Morgan fingerprint density at radius 1 is 1.61 bits per heavy atom. The van der Waals surface area contributed by atoms with E-state index in [0.717, 1.165) is 0 Å². The molecule has 0 radical (unpaired) electrons. The predicted octanol–water partition coefficient (Wildman–Crippen LogP) is -0.539. The molecule has 0 aliphatic carbocycles. The van der Waals surface area contributed by atoms with E-state index in [1.807, 2.05) is 4.90 Å². The van der Waals surface area contributed by atoms with E-state index in [-0.39, 0.29) is 18.4 Å². The molecule has 2 rings (SSSR count). The Hall–Kier alpha value is -1.73. The first-order valence-electron chi connectivity index (χ1n) is 5.64. The molecule has 1 aliphatic rings. The number of hydrogen-bond donors (Lipinski definition) is 1. The summed E-state index contributed by atoms with van der Waals surface area (Å²) < 4.78 is 9.89. The molecule has 0 saturated carbocycles. The molecule has 1 aliphatic heterocycles. The van der Waals surface area contributed by atoms with Crippen LogP contribution in [0.3, 0.4) is 0 Å². The van der Waals surface area contributed by atoms with Crippen molar-refractivity contribution in [2.75, 3.05) is 38.3 Å². The number of carbonyl (C=O) groups is 1. The normalized spacial score (nSPS) is 19.7. The Morgan fingerprint density at radius 2 is 2.44 bits per heavy atom. The zero-order valence-corrected chi connectivity index (χ0v) is 10.1. The standard InChI is InChI=1S/C11H15N3O4/c1-17-11(16)9-2-3-10(13-12-9)14-4-5-18-8(6-14)7-15/h2-3,8,15H,4-7H2,1H3.